The Bertz CT molecular complexity index is 797. The minimum atomic E-state index is -4.33. The second-order valence-electron chi connectivity index (χ2n) is 4.59. The van der Waals surface area contributed by atoms with Gasteiger partial charge in [-0.05, 0) is 29.8 Å². The summed E-state index contributed by atoms with van der Waals surface area (Å²) >= 11 is 1.25. The number of rotatable bonds is 3. The zero-order chi connectivity index (χ0) is 15.7. The van der Waals surface area contributed by atoms with E-state index < -0.39 is 11.7 Å². The summed E-state index contributed by atoms with van der Waals surface area (Å²) in [6, 6.07) is 9.82. The standard InChI is InChI=1S/C15H10F3NO2S/c16-15(17,18)10-6-4-9(5-7-10)8-22-14-19-11-2-1-3-12(20)13(11)21-14/h1-7,20H,8H2. The third-order valence-corrected chi connectivity index (χ3v) is 3.92. The molecule has 2 aromatic carbocycles. The number of nitrogens with zero attached hydrogens (tertiary/aromatic N) is 1. The van der Waals surface area contributed by atoms with Crippen LogP contribution in [0.4, 0.5) is 13.2 Å². The van der Waals surface area contributed by atoms with Crippen LogP contribution in [0, 0.1) is 0 Å². The highest BCUT2D eigenvalue weighted by atomic mass is 32.2. The van der Waals surface area contributed by atoms with Crippen LogP contribution < -0.4 is 0 Å². The van der Waals surface area contributed by atoms with Crippen molar-refractivity contribution >= 4 is 22.9 Å². The molecule has 0 saturated carbocycles. The minimum absolute atomic E-state index is 0.00591. The number of aromatic nitrogens is 1. The number of para-hydroxylation sites is 1. The molecule has 0 amide bonds. The van der Waals surface area contributed by atoms with Gasteiger partial charge in [0.05, 0.1) is 5.56 Å². The van der Waals surface area contributed by atoms with Gasteiger partial charge in [-0.1, -0.05) is 30.0 Å². The highest BCUT2D eigenvalue weighted by Crippen LogP contribution is 2.32. The average Bonchev–Trinajstić information content (AvgIpc) is 2.89. The second kappa shape index (κ2) is 5.57. The van der Waals surface area contributed by atoms with Crippen LogP contribution in [0.1, 0.15) is 11.1 Å². The Morgan fingerprint density at radius 3 is 2.45 bits per heavy atom. The third-order valence-electron chi connectivity index (χ3n) is 3.02. The molecule has 1 N–H and O–H groups in total. The summed E-state index contributed by atoms with van der Waals surface area (Å²) < 4.78 is 42.8. The van der Waals surface area contributed by atoms with E-state index in [0.717, 1.165) is 17.7 Å². The van der Waals surface area contributed by atoms with Gasteiger partial charge < -0.3 is 9.52 Å². The summed E-state index contributed by atoms with van der Waals surface area (Å²) in [5, 5.41) is 9.98. The highest BCUT2D eigenvalue weighted by molar-refractivity contribution is 7.98. The first kappa shape index (κ1) is 14.8. The van der Waals surface area contributed by atoms with E-state index in [1.807, 2.05) is 0 Å². The van der Waals surface area contributed by atoms with Crippen LogP contribution in [-0.4, -0.2) is 10.1 Å². The molecule has 3 aromatic rings. The van der Waals surface area contributed by atoms with Crippen LogP contribution in [0.2, 0.25) is 0 Å². The fourth-order valence-electron chi connectivity index (χ4n) is 1.91. The molecule has 1 heterocycles. The van der Waals surface area contributed by atoms with E-state index in [2.05, 4.69) is 4.98 Å². The predicted octanol–water partition coefficient (Wildman–Crippen LogP) is 4.84. The van der Waals surface area contributed by atoms with Crippen molar-refractivity contribution in [2.45, 2.75) is 17.2 Å². The largest absolute Gasteiger partial charge is 0.504 e. The van der Waals surface area contributed by atoms with Crippen LogP contribution >= 0.6 is 11.8 Å². The van der Waals surface area contributed by atoms with Crippen molar-refractivity contribution in [3.05, 3.63) is 53.6 Å². The number of hydrogen-bond donors (Lipinski definition) is 1. The fourth-order valence-corrected chi connectivity index (χ4v) is 2.70. The maximum atomic E-state index is 12.5. The molecule has 0 aliphatic rings. The lowest BCUT2D eigenvalue weighted by molar-refractivity contribution is -0.137. The minimum Gasteiger partial charge on any atom is -0.504 e. The van der Waals surface area contributed by atoms with Crippen molar-refractivity contribution in [1.29, 1.82) is 0 Å². The molecule has 0 bridgehead atoms. The van der Waals surface area contributed by atoms with E-state index in [0.29, 0.717) is 22.1 Å². The average molecular weight is 325 g/mol. The number of aromatic hydroxyl groups is 1. The summed E-state index contributed by atoms with van der Waals surface area (Å²) in [4.78, 5) is 4.20. The van der Waals surface area contributed by atoms with Gasteiger partial charge in [-0.3, -0.25) is 0 Å². The molecule has 7 heteroatoms. The lowest BCUT2D eigenvalue weighted by atomic mass is 10.1. The molecule has 0 aliphatic carbocycles. The molecular formula is C15H10F3NO2S. The highest BCUT2D eigenvalue weighted by Gasteiger charge is 2.29. The van der Waals surface area contributed by atoms with Gasteiger partial charge in [0.2, 0.25) is 0 Å². The Morgan fingerprint density at radius 1 is 1.09 bits per heavy atom. The number of phenolic OH excluding ortho intramolecular Hbond substituents is 1. The number of alkyl halides is 3. The summed E-state index contributed by atoms with van der Waals surface area (Å²) in [5.41, 5.74) is 0.893. The fraction of sp³-hybridized carbons (Fsp3) is 0.133. The Balaban J connectivity index is 1.72. The lowest BCUT2D eigenvalue weighted by Gasteiger charge is -2.06. The molecule has 114 valence electrons. The smallest absolute Gasteiger partial charge is 0.416 e. The van der Waals surface area contributed by atoms with Gasteiger partial charge in [0, 0.05) is 5.75 Å². The van der Waals surface area contributed by atoms with Crippen molar-refractivity contribution in [2.75, 3.05) is 0 Å². The summed E-state index contributed by atoms with van der Waals surface area (Å²) in [6.07, 6.45) is -4.33. The Hall–Kier alpha value is -2.15. The van der Waals surface area contributed by atoms with Crippen molar-refractivity contribution in [1.82, 2.24) is 4.98 Å². The molecular weight excluding hydrogens is 315 g/mol. The molecule has 22 heavy (non-hydrogen) atoms. The zero-order valence-corrected chi connectivity index (χ0v) is 11.9. The van der Waals surface area contributed by atoms with E-state index >= 15 is 0 Å². The van der Waals surface area contributed by atoms with Gasteiger partial charge in [-0.25, -0.2) is 4.98 Å². The van der Waals surface area contributed by atoms with E-state index in [4.69, 9.17) is 4.42 Å². The van der Waals surface area contributed by atoms with Gasteiger partial charge in [-0.15, -0.1) is 0 Å². The number of halogens is 3. The molecule has 0 atom stereocenters. The van der Waals surface area contributed by atoms with Crippen LogP contribution in [0.25, 0.3) is 11.1 Å². The van der Waals surface area contributed by atoms with E-state index in [9.17, 15) is 18.3 Å². The Kier molecular flexibility index (Phi) is 3.74. The molecule has 0 spiro atoms. The number of oxazole rings is 1. The normalized spacial score (nSPS) is 12.0. The third kappa shape index (κ3) is 3.04. The molecule has 3 nitrogen and oxygen atoms in total. The summed E-state index contributed by atoms with van der Waals surface area (Å²) in [5.74, 6) is 0.428. The number of benzene rings is 2. The van der Waals surface area contributed by atoms with Crippen LogP contribution in [0.5, 0.6) is 5.75 Å². The van der Waals surface area contributed by atoms with Crippen molar-refractivity contribution in [3.8, 4) is 5.75 Å². The van der Waals surface area contributed by atoms with E-state index in [-0.39, 0.29) is 5.75 Å². The molecule has 3 rings (SSSR count). The van der Waals surface area contributed by atoms with Crippen LogP contribution in [0.15, 0.2) is 52.1 Å². The molecule has 0 aliphatic heterocycles. The first-order valence-corrected chi connectivity index (χ1v) is 7.29. The number of thioether (sulfide) groups is 1. The van der Waals surface area contributed by atoms with Crippen molar-refractivity contribution in [3.63, 3.8) is 0 Å². The molecule has 1 aromatic heterocycles. The van der Waals surface area contributed by atoms with Crippen molar-refractivity contribution < 1.29 is 22.7 Å². The molecule has 0 saturated heterocycles. The Labute approximate surface area is 127 Å². The van der Waals surface area contributed by atoms with Gasteiger partial charge in [0.25, 0.3) is 5.22 Å². The maximum Gasteiger partial charge on any atom is 0.416 e. The predicted molar refractivity (Wildman–Crippen MR) is 76.7 cm³/mol. The molecule has 0 unspecified atom stereocenters. The first-order chi connectivity index (χ1) is 10.4. The molecule has 0 fully saturated rings. The van der Waals surface area contributed by atoms with Gasteiger partial charge in [0.15, 0.2) is 11.3 Å². The SMILES string of the molecule is Oc1cccc2nc(SCc3ccc(C(F)(F)F)cc3)oc12. The summed E-state index contributed by atoms with van der Waals surface area (Å²) in [6.45, 7) is 0. The van der Waals surface area contributed by atoms with Crippen LogP contribution in [-0.2, 0) is 11.9 Å². The lowest BCUT2D eigenvalue weighted by Crippen LogP contribution is -2.04. The Morgan fingerprint density at radius 2 is 1.82 bits per heavy atom. The zero-order valence-electron chi connectivity index (χ0n) is 11.1. The first-order valence-electron chi connectivity index (χ1n) is 6.31. The van der Waals surface area contributed by atoms with Gasteiger partial charge in [0.1, 0.15) is 5.52 Å². The second-order valence-corrected chi connectivity index (χ2v) is 5.52. The van der Waals surface area contributed by atoms with Crippen LogP contribution in [0.3, 0.4) is 0 Å². The van der Waals surface area contributed by atoms with Crippen molar-refractivity contribution in [2.24, 2.45) is 0 Å². The van der Waals surface area contributed by atoms with E-state index in [1.54, 1.807) is 12.1 Å². The number of hydrogen-bond acceptors (Lipinski definition) is 4. The van der Waals surface area contributed by atoms with Gasteiger partial charge in [-0.2, -0.15) is 13.2 Å². The van der Waals surface area contributed by atoms with E-state index in [1.165, 1.54) is 30.0 Å². The monoisotopic (exact) mass is 325 g/mol. The number of phenols is 1. The maximum absolute atomic E-state index is 12.5. The summed E-state index contributed by atoms with van der Waals surface area (Å²) in [7, 11) is 0. The quantitative estimate of drug-likeness (QED) is 0.700. The number of fused-ring (bicyclic) bond motifs is 1. The topological polar surface area (TPSA) is 46.3 Å². The van der Waals surface area contributed by atoms with Gasteiger partial charge >= 0.3 is 6.18 Å². The molecule has 0 radical (unpaired) electrons.